The Bertz CT molecular complexity index is 565. The Kier molecular flexibility index (Phi) is 4.48. The lowest BCUT2D eigenvalue weighted by Gasteiger charge is -2.07. The monoisotopic (exact) mass is 280 g/mol. The fourth-order valence-electron chi connectivity index (χ4n) is 1.52. The summed E-state index contributed by atoms with van der Waals surface area (Å²) < 4.78 is 4.90. The lowest BCUT2D eigenvalue weighted by atomic mass is 10.1. The highest BCUT2D eigenvalue weighted by molar-refractivity contribution is 6.28. The molecule has 2 aromatic rings. The van der Waals surface area contributed by atoms with E-state index in [9.17, 15) is 0 Å². The number of ether oxygens (including phenoxy) is 1. The van der Waals surface area contributed by atoms with E-state index in [0.29, 0.717) is 12.5 Å². The average Bonchev–Trinajstić information content (AvgIpc) is 2.44. The van der Waals surface area contributed by atoms with E-state index in [1.54, 1.807) is 0 Å². The zero-order valence-electron chi connectivity index (χ0n) is 10.3. The molecule has 1 aromatic heterocycles. The van der Waals surface area contributed by atoms with E-state index in [4.69, 9.17) is 21.4 Å². The second kappa shape index (κ2) is 6.31. The van der Waals surface area contributed by atoms with E-state index in [1.165, 1.54) is 7.11 Å². The van der Waals surface area contributed by atoms with E-state index in [1.807, 2.05) is 24.3 Å². The number of halogens is 1. The first-order valence-corrected chi connectivity index (χ1v) is 5.97. The van der Waals surface area contributed by atoms with Crippen molar-refractivity contribution in [2.45, 2.75) is 13.2 Å². The molecule has 0 saturated heterocycles. The first-order chi connectivity index (χ1) is 9.21. The van der Waals surface area contributed by atoms with Crippen LogP contribution in [-0.4, -0.2) is 27.2 Å². The van der Waals surface area contributed by atoms with Crippen molar-refractivity contribution in [1.82, 2.24) is 15.0 Å². The number of hydrogen-bond acceptors (Lipinski definition) is 6. The first-order valence-electron chi connectivity index (χ1n) is 5.59. The SMILES string of the molecule is COc1nc(Cl)nc(NCc2cccc(CO)c2)n1. The molecule has 0 spiro atoms. The van der Waals surface area contributed by atoms with E-state index < -0.39 is 0 Å². The van der Waals surface area contributed by atoms with Gasteiger partial charge in [-0.25, -0.2) is 0 Å². The Labute approximate surface area is 115 Å². The molecule has 0 unspecified atom stereocenters. The van der Waals surface area contributed by atoms with Crippen LogP contribution in [-0.2, 0) is 13.2 Å². The van der Waals surface area contributed by atoms with Crippen LogP contribution in [0.1, 0.15) is 11.1 Å². The van der Waals surface area contributed by atoms with Gasteiger partial charge < -0.3 is 15.2 Å². The standard InChI is InChI=1S/C12H13ClN4O2/c1-19-12-16-10(13)15-11(17-12)14-6-8-3-2-4-9(5-8)7-18/h2-5,18H,6-7H2,1H3,(H,14,15,16,17). The summed E-state index contributed by atoms with van der Waals surface area (Å²) in [5.41, 5.74) is 1.85. The number of nitrogens with one attached hydrogen (secondary N) is 1. The largest absolute Gasteiger partial charge is 0.467 e. The van der Waals surface area contributed by atoms with Gasteiger partial charge in [-0.3, -0.25) is 0 Å². The topological polar surface area (TPSA) is 80.2 Å². The molecule has 100 valence electrons. The van der Waals surface area contributed by atoms with Crippen LogP contribution in [0.4, 0.5) is 5.95 Å². The Morgan fingerprint density at radius 2 is 2.05 bits per heavy atom. The maximum atomic E-state index is 9.06. The molecule has 1 heterocycles. The minimum absolute atomic E-state index is 0.0131. The van der Waals surface area contributed by atoms with Crippen molar-refractivity contribution in [3.63, 3.8) is 0 Å². The number of aliphatic hydroxyl groups is 1. The third-order valence-electron chi connectivity index (χ3n) is 2.39. The lowest BCUT2D eigenvalue weighted by molar-refractivity contribution is 0.281. The summed E-state index contributed by atoms with van der Waals surface area (Å²) >= 11 is 5.74. The summed E-state index contributed by atoms with van der Waals surface area (Å²) in [7, 11) is 1.46. The van der Waals surface area contributed by atoms with Gasteiger partial charge in [0.1, 0.15) is 0 Å². The third kappa shape index (κ3) is 3.77. The van der Waals surface area contributed by atoms with Gasteiger partial charge in [-0.1, -0.05) is 24.3 Å². The molecular weight excluding hydrogens is 268 g/mol. The molecule has 0 bridgehead atoms. The molecule has 7 heteroatoms. The van der Waals surface area contributed by atoms with Gasteiger partial charge in [-0.05, 0) is 22.7 Å². The summed E-state index contributed by atoms with van der Waals surface area (Å²) in [5.74, 6) is 0.339. The van der Waals surface area contributed by atoms with E-state index in [0.717, 1.165) is 11.1 Å². The second-order valence-corrected chi connectivity index (χ2v) is 4.08. The number of hydrogen-bond donors (Lipinski definition) is 2. The van der Waals surface area contributed by atoms with Crippen molar-refractivity contribution in [3.8, 4) is 6.01 Å². The van der Waals surface area contributed by atoms with Gasteiger partial charge in [0, 0.05) is 6.54 Å². The zero-order valence-corrected chi connectivity index (χ0v) is 11.1. The van der Waals surface area contributed by atoms with E-state index >= 15 is 0 Å². The normalized spacial score (nSPS) is 10.3. The van der Waals surface area contributed by atoms with Crippen molar-refractivity contribution >= 4 is 17.5 Å². The van der Waals surface area contributed by atoms with Crippen LogP contribution in [0, 0.1) is 0 Å². The van der Waals surface area contributed by atoms with Gasteiger partial charge in [-0.15, -0.1) is 0 Å². The van der Waals surface area contributed by atoms with Crippen LogP contribution in [0.15, 0.2) is 24.3 Å². The molecule has 0 fully saturated rings. The summed E-state index contributed by atoms with van der Waals surface area (Å²) in [6, 6.07) is 7.72. The van der Waals surface area contributed by atoms with Crippen LogP contribution >= 0.6 is 11.6 Å². The summed E-state index contributed by atoms with van der Waals surface area (Å²) in [6.45, 7) is 0.524. The maximum absolute atomic E-state index is 9.06. The Hall–Kier alpha value is -1.92. The van der Waals surface area contributed by atoms with Crippen molar-refractivity contribution in [2.75, 3.05) is 12.4 Å². The highest BCUT2D eigenvalue weighted by atomic mass is 35.5. The molecular formula is C12H13ClN4O2. The fraction of sp³-hybridized carbons (Fsp3) is 0.250. The Morgan fingerprint density at radius 1 is 1.26 bits per heavy atom. The average molecular weight is 281 g/mol. The van der Waals surface area contributed by atoms with Crippen molar-refractivity contribution in [3.05, 3.63) is 40.7 Å². The molecule has 0 amide bonds. The summed E-state index contributed by atoms with van der Waals surface area (Å²) in [4.78, 5) is 11.7. The number of rotatable bonds is 5. The maximum Gasteiger partial charge on any atom is 0.322 e. The van der Waals surface area contributed by atoms with Crippen LogP contribution < -0.4 is 10.1 Å². The number of aliphatic hydroxyl groups excluding tert-OH is 1. The van der Waals surface area contributed by atoms with Gasteiger partial charge >= 0.3 is 6.01 Å². The van der Waals surface area contributed by atoms with Gasteiger partial charge in [0.25, 0.3) is 0 Å². The van der Waals surface area contributed by atoms with Gasteiger partial charge in [0.2, 0.25) is 11.2 Å². The van der Waals surface area contributed by atoms with Crippen molar-refractivity contribution in [1.29, 1.82) is 0 Å². The predicted octanol–water partition coefficient (Wildman–Crippen LogP) is 1.64. The molecule has 2 rings (SSSR count). The second-order valence-electron chi connectivity index (χ2n) is 3.75. The fourth-order valence-corrected chi connectivity index (χ4v) is 1.67. The summed E-state index contributed by atoms with van der Waals surface area (Å²) in [6.07, 6.45) is 0. The van der Waals surface area contributed by atoms with Gasteiger partial charge in [0.05, 0.1) is 13.7 Å². The molecule has 0 atom stereocenters. The van der Waals surface area contributed by atoms with Crippen LogP contribution in [0.5, 0.6) is 6.01 Å². The molecule has 0 aliphatic carbocycles. The highest BCUT2D eigenvalue weighted by Crippen LogP contribution is 2.12. The van der Waals surface area contributed by atoms with Crippen molar-refractivity contribution in [2.24, 2.45) is 0 Å². The van der Waals surface area contributed by atoms with Crippen LogP contribution in [0.2, 0.25) is 5.28 Å². The van der Waals surface area contributed by atoms with E-state index in [-0.39, 0.29) is 17.9 Å². The number of nitrogens with zero attached hydrogens (tertiary/aromatic N) is 3. The van der Waals surface area contributed by atoms with Crippen LogP contribution in [0.25, 0.3) is 0 Å². The number of aromatic nitrogens is 3. The molecule has 0 radical (unpaired) electrons. The number of benzene rings is 1. The minimum Gasteiger partial charge on any atom is -0.467 e. The van der Waals surface area contributed by atoms with Crippen LogP contribution in [0.3, 0.4) is 0 Å². The molecule has 19 heavy (non-hydrogen) atoms. The molecule has 0 saturated carbocycles. The molecule has 0 aliphatic heterocycles. The predicted molar refractivity (Wildman–Crippen MR) is 71.1 cm³/mol. The van der Waals surface area contributed by atoms with Gasteiger partial charge in [0.15, 0.2) is 0 Å². The Balaban J connectivity index is 2.07. The number of methoxy groups -OCH3 is 1. The number of anilines is 1. The quantitative estimate of drug-likeness (QED) is 0.867. The Morgan fingerprint density at radius 3 is 2.79 bits per heavy atom. The lowest BCUT2D eigenvalue weighted by Crippen LogP contribution is -2.06. The van der Waals surface area contributed by atoms with Crippen molar-refractivity contribution < 1.29 is 9.84 Å². The third-order valence-corrected chi connectivity index (χ3v) is 2.56. The first kappa shape index (κ1) is 13.5. The molecule has 2 N–H and O–H groups in total. The van der Waals surface area contributed by atoms with E-state index in [2.05, 4.69) is 20.3 Å². The molecule has 0 aliphatic rings. The summed E-state index contributed by atoms with van der Waals surface area (Å²) in [5, 5.41) is 12.2. The smallest absolute Gasteiger partial charge is 0.322 e. The minimum atomic E-state index is 0.0131. The molecule has 6 nitrogen and oxygen atoms in total. The highest BCUT2D eigenvalue weighted by Gasteiger charge is 2.04. The zero-order chi connectivity index (χ0) is 13.7. The van der Waals surface area contributed by atoms with Gasteiger partial charge in [-0.2, -0.15) is 15.0 Å². The molecule has 1 aromatic carbocycles.